The molecular weight excluding hydrogens is 266 g/mol. The number of nitrogens with one attached hydrogen (secondary N) is 1. The summed E-state index contributed by atoms with van der Waals surface area (Å²) in [7, 11) is 4.96. The van der Waals surface area contributed by atoms with Crippen LogP contribution in [0.25, 0.3) is 0 Å². The molecule has 0 fully saturated rings. The van der Waals surface area contributed by atoms with E-state index in [1.54, 1.807) is 21.3 Å². The smallest absolute Gasteiger partial charge is 0.130 e. The topological polar surface area (TPSA) is 39.7 Å². The molecule has 1 aromatic carbocycles. The minimum Gasteiger partial charge on any atom is -0.496 e. The summed E-state index contributed by atoms with van der Waals surface area (Å²) in [5.74, 6) is 2.87. The number of hydrogen-bond acceptors (Lipinski definition) is 4. The van der Waals surface area contributed by atoms with Crippen molar-refractivity contribution in [3.8, 4) is 17.2 Å². The zero-order valence-corrected chi connectivity index (χ0v) is 14.4. The Kier molecular flexibility index (Phi) is 6.34. The number of rotatable bonds is 7. The highest BCUT2D eigenvalue weighted by atomic mass is 16.5. The van der Waals surface area contributed by atoms with Gasteiger partial charge in [0.05, 0.1) is 26.9 Å². The van der Waals surface area contributed by atoms with Crippen LogP contribution >= 0.6 is 0 Å². The Hall–Kier alpha value is -1.42. The molecule has 0 bridgehead atoms. The van der Waals surface area contributed by atoms with Crippen molar-refractivity contribution in [1.82, 2.24) is 5.32 Å². The van der Waals surface area contributed by atoms with Crippen molar-refractivity contribution in [3.05, 3.63) is 17.7 Å². The third-order valence-corrected chi connectivity index (χ3v) is 4.05. The third-order valence-electron chi connectivity index (χ3n) is 4.05. The maximum absolute atomic E-state index is 5.46. The van der Waals surface area contributed by atoms with Gasteiger partial charge in [-0.05, 0) is 17.9 Å². The van der Waals surface area contributed by atoms with Crippen LogP contribution in [0.1, 0.15) is 33.3 Å². The molecule has 1 atom stereocenters. The van der Waals surface area contributed by atoms with E-state index in [0.29, 0.717) is 17.9 Å². The number of hydrogen-bond donors (Lipinski definition) is 1. The third kappa shape index (κ3) is 4.81. The number of methoxy groups -OCH3 is 3. The minimum atomic E-state index is 0.293. The average Bonchev–Trinajstić information content (AvgIpc) is 2.45. The molecule has 1 unspecified atom stereocenters. The maximum atomic E-state index is 5.46. The molecule has 0 saturated carbocycles. The van der Waals surface area contributed by atoms with Crippen molar-refractivity contribution in [1.29, 1.82) is 0 Å². The highest BCUT2D eigenvalue weighted by molar-refractivity contribution is 5.50. The van der Waals surface area contributed by atoms with Gasteiger partial charge in [-0.15, -0.1) is 0 Å². The second kappa shape index (κ2) is 7.55. The van der Waals surface area contributed by atoms with Gasteiger partial charge in [0.15, 0.2) is 0 Å². The second-order valence-electron chi connectivity index (χ2n) is 6.41. The minimum absolute atomic E-state index is 0.293. The lowest BCUT2D eigenvalue weighted by atomic mass is 9.82. The van der Waals surface area contributed by atoms with Crippen molar-refractivity contribution in [3.63, 3.8) is 0 Å². The molecule has 120 valence electrons. The van der Waals surface area contributed by atoms with Crippen LogP contribution < -0.4 is 19.5 Å². The molecule has 0 heterocycles. The summed E-state index contributed by atoms with van der Waals surface area (Å²) >= 11 is 0. The van der Waals surface area contributed by atoms with Crippen LogP contribution in [0.15, 0.2) is 12.1 Å². The van der Waals surface area contributed by atoms with Gasteiger partial charge >= 0.3 is 0 Å². The molecule has 0 spiro atoms. The Labute approximate surface area is 128 Å². The standard InChI is InChI=1S/C17H29NO3/c1-12(17(2,3)4)10-18-11-14-15(20-6)8-13(19-5)9-16(14)21-7/h8-9,12,18H,10-11H2,1-7H3. The van der Waals surface area contributed by atoms with Crippen LogP contribution in [0.2, 0.25) is 0 Å². The van der Waals surface area contributed by atoms with Crippen LogP contribution in [-0.4, -0.2) is 27.9 Å². The van der Waals surface area contributed by atoms with Crippen molar-refractivity contribution in [2.45, 2.75) is 34.2 Å². The van der Waals surface area contributed by atoms with Gasteiger partial charge in [0.1, 0.15) is 17.2 Å². The van der Waals surface area contributed by atoms with Crippen LogP contribution in [0.3, 0.4) is 0 Å². The van der Waals surface area contributed by atoms with Crippen molar-refractivity contribution in [2.75, 3.05) is 27.9 Å². The molecule has 0 aliphatic carbocycles. The van der Waals surface area contributed by atoms with E-state index in [9.17, 15) is 0 Å². The van der Waals surface area contributed by atoms with Gasteiger partial charge in [-0.3, -0.25) is 0 Å². The summed E-state index contributed by atoms with van der Waals surface area (Å²) in [6, 6.07) is 3.76. The molecular formula is C17H29NO3. The quantitative estimate of drug-likeness (QED) is 0.836. The van der Waals surface area contributed by atoms with E-state index in [4.69, 9.17) is 14.2 Å². The molecule has 1 rings (SSSR count). The first-order valence-corrected chi connectivity index (χ1v) is 7.33. The summed E-state index contributed by atoms with van der Waals surface area (Å²) in [6.45, 7) is 10.7. The molecule has 0 aliphatic rings. The number of benzene rings is 1. The fraction of sp³-hybridized carbons (Fsp3) is 0.647. The van der Waals surface area contributed by atoms with E-state index in [-0.39, 0.29) is 0 Å². The van der Waals surface area contributed by atoms with Gasteiger partial charge in [-0.1, -0.05) is 27.7 Å². The van der Waals surface area contributed by atoms with Crippen molar-refractivity contribution >= 4 is 0 Å². The van der Waals surface area contributed by atoms with Gasteiger partial charge in [-0.2, -0.15) is 0 Å². The second-order valence-corrected chi connectivity index (χ2v) is 6.41. The molecule has 1 aromatic rings. The van der Waals surface area contributed by atoms with Crippen LogP contribution in [0.4, 0.5) is 0 Å². The number of ether oxygens (including phenoxy) is 3. The summed E-state index contributed by atoms with van der Waals surface area (Å²) in [6.07, 6.45) is 0. The molecule has 21 heavy (non-hydrogen) atoms. The lowest BCUT2D eigenvalue weighted by Crippen LogP contribution is -2.29. The molecule has 4 nitrogen and oxygen atoms in total. The van der Waals surface area contributed by atoms with Crippen molar-refractivity contribution in [2.24, 2.45) is 11.3 Å². The van der Waals surface area contributed by atoms with Gasteiger partial charge in [0.25, 0.3) is 0 Å². The van der Waals surface area contributed by atoms with Crippen LogP contribution in [0, 0.1) is 11.3 Å². The highest BCUT2D eigenvalue weighted by Gasteiger charge is 2.20. The SMILES string of the molecule is COc1cc(OC)c(CNCC(C)C(C)(C)C)c(OC)c1. The fourth-order valence-corrected chi connectivity index (χ4v) is 1.97. The molecule has 0 saturated heterocycles. The van der Waals surface area contributed by atoms with Gasteiger partial charge in [0, 0.05) is 18.7 Å². The molecule has 0 aromatic heterocycles. The van der Waals surface area contributed by atoms with Gasteiger partial charge in [0.2, 0.25) is 0 Å². The first kappa shape index (κ1) is 17.6. The van der Waals surface area contributed by atoms with Crippen LogP contribution in [0.5, 0.6) is 17.2 Å². The van der Waals surface area contributed by atoms with Gasteiger partial charge < -0.3 is 19.5 Å². The molecule has 0 radical (unpaired) electrons. The zero-order valence-electron chi connectivity index (χ0n) is 14.4. The summed E-state index contributed by atoms with van der Waals surface area (Å²) < 4.78 is 16.2. The first-order valence-electron chi connectivity index (χ1n) is 7.33. The lowest BCUT2D eigenvalue weighted by Gasteiger charge is -2.27. The predicted molar refractivity (Wildman–Crippen MR) is 86.4 cm³/mol. The highest BCUT2D eigenvalue weighted by Crippen LogP contribution is 2.34. The van der Waals surface area contributed by atoms with E-state index in [1.807, 2.05) is 12.1 Å². The Morgan fingerprint density at radius 2 is 1.52 bits per heavy atom. The van der Waals surface area contributed by atoms with E-state index in [2.05, 4.69) is 33.0 Å². The summed E-state index contributed by atoms with van der Waals surface area (Å²) in [5, 5.41) is 3.49. The molecule has 0 amide bonds. The Morgan fingerprint density at radius 3 is 1.90 bits per heavy atom. The van der Waals surface area contributed by atoms with Gasteiger partial charge in [-0.25, -0.2) is 0 Å². The lowest BCUT2D eigenvalue weighted by molar-refractivity contribution is 0.252. The normalized spacial score (nSPS) is 12.9. The largest absolute Gasteiger partial charge is 0.496 e. The van der Waals surface area contributed by atoms with Crippen molar-refractivity contribution < 1.29 is 14.2 Å². The molecule has 4 heteroatoms. The van der Waals surface area contributed by atoms with E-state index in [1.165, 1.54) is 0 Å². The zero-order chi connectivity index (χ0) is 16.0. The Bertz CT molecular complexity index is 427. The summed E-state index contributed by atoms with van der Waals surface area (Å²) in [5.41, 5.74) is 1.31. The average molecular weight is 295 g/mol. The summed E-state index contributed by atoms with van der Waals surface area (Å²) in [4.78, 5) is 0. The monoisotopic (exact) mass is 295 g/mol. The predicted octanol–water partition coefficient (Wildman–Crippen LogP) is 3.48. The first-order chi connectivity index (χ1) is 9.83. The van der Waals surface area contributed by atoms with E-state index >= 15 is 0 Å². The van der Waals surface area contributed by atoms with Crippen LogP contribution in [-0.2, 0) is 6.54 Å². The fourth-order valence-electron chi connectivity index (χ4n) is 1.97. The molecule has 1 N–H and O–H groups in total. The molecule has 0 aliphatic heterocycles. The Morgan fingerprint density at radius 1 is 1.00 bits per heavy atom. The van der Waals surface area contributed by atoms with E-state index in [0.717, 1.165) is 29.4 Å². The van der Waals surface area contributed by atoms with E-state index < -0.39 is 0 Å². The maximum Gasteiger partial charge on any atom is 0.130 e. The Balaban J connectivity index is 2.82.